The smallest absolute Gasteiger partial charge is 0.229 e. The number of aliphatic hydroxyl groups is 6. The van der Waals surface area contributed by atoms with E-state index in [1.54, 1.807) is 30.3 Å². The molecule has 2 heterocycles. The summed E-state index contributed by atoms with van der Waals surface area (Å²) in [7, 11) is 1.42. The van der Waals surface area contributed by atoms with Gasteiger partial charge in [-0.25, -0.2) is 0 Å². The van der Waals surface area contributed by atoms with E-state index in [0.717, 1.165) is 0 Å². The fourth-order valence-corrected chi connectivity index (χ4v) is 4.45. The number of ether oxygens (including phenoxy) is 4. The predicted octanol–water partition coefficient (Wildman–Crippen LogP) is -0.205. The Hall–Kier alpha value is -2.90. The number of hydrogen-bond acceptors (Lipinski definition) is 11. The van der Waals surface area contributed by atoms with Crippen molar-refractivity contribution in [1.29, 1.82) is 0 Å². The van der Waals surface area contributed by atoms with Crippen LogP contribution in [0.5, 0.6) is 23.0 Å². The Bertz CT molecular complexity index is 1090. The van der Waals surface area contributed by atoms with Crippen LogP contribution >= 0.6 is 0 Å². The molecule has 11 heteroatoms. The number of benzene rings is 2. The molecule has 1 fully saturated rings. The topological polar surface area (TPSA) is 179 Å². The number of phenols is 1. The third-order valence-electron chi connectivity index (χ3n) is 6.35. The largest absolute Gasteiger partial charge is 0.504 e. The van der Waals surface area contributed by atoms with Crippen molar-refractivity contribution in [2.24, 2.45) is 0 Å². The quantitative estimate of drug-likeness (QED) is 0.252. The molecule has 7 atom stereocenters. The van der Waals surface area contributed by atoms with Gasteiger partial charge in [-0.1, -0.05) is 18.2 Å². The minimum atomic E-state index is -1.64. The van der Waals surface area contributed by atoms with E-state index >= 15 is 0 Å². The summed E-state index contributed by atoms with van der Waals surface area (Å²) in [6.45, 7) is -1.13. The average Bonchev–Trinajstić information content (AvgIpc) is 3.26. The molecule has 0 aromatic heterocycles. The van der Waals surface area contributed by atoms with Gasteiger partial charge in [0.25, 0.3) is 0 Å². The van der Waals surface area contributed by atoms with Crippen molar-refractivity contribution in [3.63, 3.8) is 0 Å². The molecule has 0 bridgehead atoms. The highest BCUT2D eigenvalue weighted by atomic mass is 16.7. The van der Waals surface area contributed by atoms with Crippen LogP contribution < -0.4 is 14.2 Å². The Morgan fingerprint density at radius 2 is 1.72 bits per heavy atom. The molecule has 0 spiro atoms. The van der Waals surface area contributed by atoms with E-state index in [4.69, 9.17) is 18.9 Å². The van der Waals surface area contributed by atoms with Gasteiger partial charge in [0.05, 0.1) is 32.8 Å². The van der Waals surface area contributed by atoms with Gasteiger partial charge in [0.1, 0.15) is 30.5 Å². The molecule has 2 aliphatic heterocycles. The molecule has 196 valence electrons. The summed E-state index contributed by atoms with van der Waals surface area (Å²) in [6, 6.07) is 8.03. The van der Waals surface area contributed by atoms with E-state index in [9.17, 15) is 35.7 Å². The summed E-state index contributed by atoms with van der Waals surface area (Å²) >= 11 is 0. The fraction of sp³-hybridized carbons (Fsp3) is 0.440. The van der Waals surface area contributed by atoms with Crippen LogP contribution in [-0.2, 0) is 4.74 Å². The van der Waals surface area contributed by atoms with Crippen molar-refractivity contribution in [3.8, 4) is 23.0 Å². The van der Waals surface area contributed by atoms with Crippen molar-refractivity contribution < 1.29 is 54.7 Å². The van der Waals surface area contributed by atoms with E-state index in [0.29, 0.717) is 16.7 Å². The summed E-state index contributed by atoms with van der Waals surface area (Å²) in [5.74, 6) is -0.00679. The molecular weight excluding hydrogens is 476 g/mol. The van der Waals surface area contributed by atoms with Crippen LogP contribution in [0.2, 0.25) is 0 Å². The molecule has 7 N–H and O–H groups in total. The Balaban J connectivity index is 1.73. The van der Waals surface area contributed by atoms with Crippen LogP contribution in [0.15, 0.2) is 36.4 Å². The standard InChI is InChI=1S/C25H30O11/c1-33-17-9-13(4-5-16(17)29)23-15(10-27)14-7-12(3-2-6-26)8-18(24(14)36-23)34-25-22(32)21(31)20(30)19(11-28)35-25/h2-5,7-9,15,19-23,25-32H,6,10-11H2,1H3/b3-2+/t15?,19-,20-,21+,22-,23?,25-/m1/s1. The summed E-state index contributed by atoms with van der Waals surface area (Å²) < 4.78 is 22.8. The summed E-state index contributed by atoms with van der Waals surface area (Å²) in [5.41, 5.74) is 1.79. The first kappa shape index (κ1) is 26.2. The molecule has 4 rings (SSSR count). The van der Waals surface area contributed by atoms with Gasteiger partial charge in [0, 0.05) is 5.56 Å². The zero-order valence-electron chi connectivity index (χ0n) is 19.5. The third-order valence-corrected chi connectivity index (χ3v) is 6.35. The first-order valence-electron chi connectivity index (χ1n) is 11.4. The Morgan fingerprint density at radius 1 is 0.944 bits per heavy atom. The lowest BCUT2D eigenvalue weighted by Crippen LogP contribution is -2.60. The van der Waals surface area contributed by atoms with Gasteiger partial charge in [0.15, 0.2) is 23.0 Å². The number of aromatic hydroxyl groups is 1. The minimum Gasteiger partial charge on any atom is -0.504 e. The number of methoxy groups -OCH3 is 1. The van der Waals surface area contributed by atoms with Gasteiger partial charge in [-0.15, -0.1) is 0 Å². The maximum atomic E-state index is 10.4. The lowest BCUT2D eigenvalue weighted by molar-refractivity contribution is -0.277. The van der Waals surface area contributed by atoms with Crippen LogP contribution in [0.25, 0.3) is 6.08 Å². The van der Waals surface area contributed by atoms with Gasteiger partial charge in [-0.05, 0) is 35.4 Å². The summed E-state index contributed by atoms with van der Waals surface area (Å²) in [4.78, 5) is 0. The second kappa shape index (κ2) is 11.0. The Kier molecular flexibility index (Phi) is 8.00. The van der Waals surface area contributed by atoms with Crippen molar-refractivity contribution in [3.05, 3.63) is 53.1 Å². The molecule has 2 aromatic rings. The molecule has 0 radical (unpaired) electrons. The van der Waals surface area contributed by atoms with Gasteiger partial charge >= 0.3 is 0 Å². The Labute approximate surface area is 207 Å². The van der Waals surface area contributed by atoms with Gasteiger partial charge in [-0.3, -0.25) is 0 Å². The number of rotatable bonds is 8. The number of fused-ring (bicyclic) bond motifs is 1. The van der Waals surface area contributed by atoms with Crippen molar-refractivity contribution in [1.82, 2.24) is 0 Å². The van der Waals surface area contributed by atoms with E-state index < -0.39 is 49.3 Å². The van der Waals surface area contributed by atoms with E-state index in [1.807, 2.05) is 0 Å². The lowest BCUT2D eigenvalue weighted by Gasteiger charge is -2.39. The summed E-state index contributed by atoms with van der Waals surface area (Å²) in [5, 5.41) is 69.6. The molecule has 2 unspecified atom stereocenters. The van der Waals surface area contributed by atoms with Crippen molar-refractivity contribution in [2.45, 2.75) is 42.7 Å². The number of aliphatic hydroxyl groups excluding tert-OH is 6. The second-order valence-electron chi connectivity index (χ2n) is 8.60. The molecule has 2 aliphatic rings. The van der Waals surface area contributed by atoms with Crippen molar-refractivity contribution >= 4 is 6.08 Å². The molecule has 0 aliphatic carbocycles. The molecule has 1 saturated heterocycles. The number of hydrogen-bond donors (Lipinski definition) is 7. The van der Waals surface area contributed by atoms with E-state index in [-0.39, 0.29) is 36.2 Å². The average molecular weight is 507 g/mol. The first-order chi connectivity index (χ1) is 17.3. The first-order valence-corrected chi connectivity index (χ1v) is 11.4. The highest BCUT2D eigenvalue weighted by Gasteiger charge is 2.46. The molecular formula is C25H30O11. The van der Waals surface area contributed by atoms with Gasteiger partial charge in [-0.2, -0.15) is 0 Å². The number of phenolic OH excluding ortho intramolecular Hbond substituents is 1. The predicted molar refractivity (Wildman–Crippen MR) is 125 cm³/mol. The van der Waals surface area contributed by atoms with Crippen LogP contribution in [-0.4, -0.2) is 93.4 Å². The molecule has 0 amide bonds. The highest BCUT2D eigenvalue weighted by molar-refractivity contribution is 5.62. The molecule has 36 heavy (non-hydrogen) atoms. The monoisotopic (exact) mass is 506 g/mol. The highest BCUT2D eigenvalue weighted by Crippen LogP contribution is 2.52. The van der Waals surface area contributed by atoms with E-state index in [2.05, 4.69) is 0 Å². The van der Waals surface area contributed by atoms with Crippen LogP contribution in [0.3, 0.4) is 0 Å². The summed E-state index contributed by atoms with van der Waals surface area (Å²) in [6.07, 6.45) is -4.98. The third kappa shape index (κ3) is 4.87. The van der Waals surface area contributed by atoms with Crippen LogP contribution in [0.1, 0.15) is 28.7 Å². The van der Waals surface area contributed by atoms with E-state index in [1.165, 1.54) is 19.3 Å². The maximum absolute atomic E-state index is 10.4. The fourth-order valence-electron chi connectivity index (χ4n) is 4.45. The molecule has 2 aromatic carbocycles. The molecule has 11 nitrogen and oxygen atoms in total. The lowest BCUT2D eigenvalue weighted by atomic mass is 9.90. The van der Waals surface area contributed by atoms with Crippen LogP contribution in [0, 0.1) is 0 Å². The SMILES string of the molecule is COc1cc(C2Oc3c(O[C@@H]4O[C@H](CO)[C@@H](O)[C@H](O)[C@H]4O)cc(/C=C/CO)cc3C2CO)ccc1O. The Morgan fingerprint density at radius 3 is 2.39 bits per heavy atom. The van der Waals surface area contributed by atoms with Crippen molar-refractivity contribution in [2.75, 3.05) is 26.9 Å². The zero-order chi connectivity index (χ0) is 26.0. The molecule has 0 saturated carbocycles. The second-order valence-corrected chi connectivity index (χ2v) is 8.60. The zero-order valence-corrected chi connectivity index (χ0v) is 19.5. The van der Waals surface area contributed by atoms with Crippen LogP contribution in [0.4, 0.5) is 0 Å². The van der Waals surface area contributed by atoms with Gasteiger partial charge < -0.3 is 54.7 Å². The minimum absolute atomic E-state index is 0.0552. The van der Waals surface area contributed by atoms with Gasteiger partial charge in [0.2, 0.25) is 6.29 Å². The normalized spacial score (nSPS) is 29.7. The maximum Gasteiger partial charge on any atom is 0.229 e.